The van der Waals surface area contributed by atoms with Crippen molar-refractivity contribution < 1.29 is 9.47 Å². The van der Waals surface area contributed by atoms with E-state index in [1.807, 2.05) is 6.20 Å². The molecule has 0 saturated heterocycles. The first-order valence-electron chi connectivity index (χ1n) is 22.2. The lowest BCUT2D eigenvalue weighted by atomic mass is 9.75. The number of aryl methyl sites for hydroxylation is 3. The summed E-state index contributed by atoms with van der Waals surface area (Å²) >= 11 is 0. The van der Waals surface area contributed by atoms with Gasteiger partial charge in [-0.05, 0) is 152 Å². The first kappa shape index (κ1) is 38.8. The maximum Gasteiger partial charge on any atom is 0.207 e. The lowest BCUT2D eigenvalue weighted by molar-refractivity contribution is 0.129. The Kier molecular flexibility index (Phi) is 10.5. The molecule has 0 amide bonds. The van der Waals surface area contributed by atoms with Gasteiger partial charge in [0.1, 0.15) is 5.75 Å². The van der Waals surface area contributed by atoms with Crippen LogP contribution in [0.15, 0.2) is 42.6 Å². The normalized spacial score (nSPS) is 19.5. The van der Waals surface area contributed by atoms with Gasteiger partial charge >= 0.3 is 0 Å². The number of nitrogens with one attached hydrogen (secondary N) is 2. The third kappa shape index (κ3) is 6.98. The molecular weight excluding hydrogens is 751 g/mol. The molecule has 13 nitrogen and oxygen atoms in total. The maximum atomic E-state index is 6.95. The van der Waals surface area contributed by atoms with Gasteiger partial charge in [0.05, 0.1) is 35.7 Å². The molecule has 1 aromatic carbocycles. The molecule has 0 aliphatic heterocycles. The second-order valence-electron chi connectivity index (χ2n) is 18.1. The number of hydrogen-bond donors (Lipinski definition) is 2. The minimum atomic E-state index is -0.329. The fraction of sp³-hybridized carbons (Fsp3) is 0.511. The molecule has 2 N–H and O–H groups in total. The molecule has 5 heterocycles. The van der Waals surface area contributed by atoms with E-state index in [0.29, 0.717) is 30.8 Å². The van der Waals surface area contributed by atoms with Crippen LogP contribution in [0, 0.1) is 12.8 Å². The van der Waals surface area contributed by atoms with Gasteiger partial charge in [-0.3, -0.25) is 15.0 Å². The van der Waals surface area contributed by atoms with E-state index in [2.05, 4.69) is 96.5 Å². The minimum Gasteiger partial charge on any atom is -0.493 e. The summed E-state index contributed by atoms with van der Waals surface area (Å²) in [6, 6.07) is 13.0. The number of aromatic nitrogens is 11. The van der Waals surface area contributed by atoms with Gasteiger partial charge in [0.2, 0.25) is 11.6 Å². The molecule has 5 aromatic heterocycles. The maximum absolute atomic E-state index is 6.95. The largest absolute Gasteiger partial charge is 0.493 e. The third-order valence-corrected chi connectivity index (χ3v) is 14.1. The molecule has 2 saturated carbocycles. The Morgan fingerprint density at radius 3 is 1.90 bits per heavy atom. The molecule has 0 radical (unpaired) electrons. The summed E-state index contributed by atoms with van der Waals surface area (Å²) < 4.78 is 12.9. The number of methoxy groups -OCH3 is 1. The highest BCUT2D eigenvalue weighted by Crippen LogP contribution is 2.51. The van der Waals surface area contributed by atoms with E-state index >= 15 is 0 Å². The van der Waals surface area contributed by atoms with Crippen LogP contribution in [-0.2, 0) is 41.3 Å². The van der Waals surface area contributed by atoms with Crippen molar-refractivity contribution in [2.24, 2.45) is 5.92 Å². The van der Waals surface area contributed by atoms with Crippen LogP contribution in [0.4, 0.5) is 0 Å². The Bertz CT molecular complexity index is 2450. The predicted molar refractivity (Wildman–Crippen MR) is 228 cm³/mol. The van der Waals surface area contributed by atoms with Gasteiger partial charge in [-0.1, -0.05) is 51.2 Å². The Hall–Kier alpha value is -5.43. The summed E-state index contributed by atoms with van der Waals surface area (Å²) in [5, 5.41) is 32.1. The quantitative estimate of drug-likeness (QED) is 0.120. The lowest BCUT2D eigenvalue weighted by Crippen LogP contribution is -2.33. The van der Waals surface area contributed by atoms with Gasteiger partial charge in [-0.15, -0.1) is 20.4 Å². The van der Waals surface area contributed by atoms with Crippen LogP contribution in [0.5, 0.6) is 5.75 Å². The molecule has 4 aliphatic rings. The number of hydrogen-bond acceptors (Lipinski definition) is 11. The number of fused-ring (bicyclic) bond motifs is 2. The van der Waals surface area contributed by atoms with Gasteiger partial charge in [0, 0.05) is 41.2 Å². The van der Waals surface area contributed by atoms with Crippen molar-refractivity contribution in [2.75, 3.05) is 20.3 Å². The van der Waals surface area contributed by atoms with E-state index in [4.69, 9.17) is 19.4 Å². The van der Waals surface area contributed by atoms with Crippen LogP contribution in [0.25, 0.3) is 45.0 Å². The number of nitrogens with zero attached hydrogens (tertiary/aromatic N) is 9. The van der Waals surface area contributed by atoms with Crippen molar-refractivity contribution in [1.29, 1.82) is 0 Å². The fourth-order valence-corrected chi connectivity index (χ4v) is 11.1. The summed E-state index contributed by atoms with van der Waals surface area (Å²) in [5.41, 5.74) is 14.1. The summed E-state index contributed by atoms with van der Waals surface area (Å²) in [5.74, 6) is 2.55. The van der Waals surface area contributed by atoms with Gasteiger partial charge in [-0.2, -0.15) is 10.4 Å². The second-order valence-corrected chi connectivity index (χ2v) is 18.1. The second kappa shape index (κ2) is 16.2. The number of tetrazole rings is 2. The lowest BCUT2D eigenvalue weighted by Gasteiger charge is -2.34. The number of aromatic amines is 2. The smallest absolute Gasteiger partial charge is 0.207 e. The van der Waals surface area contributed by atoms with Crippen molar-refractivity contribution in [2.45, 2.75) is 127 Å². The summed E-state index contributed by atoms with van der Waals surface area (Å²) in [6.45, 7) is 5.51. The molecule has 1 atom stereocenters. The monoisotopic (exact) mass is 805 g/mol. The van der Waals surface area contributed by atoms with E-state index in [1.165, 1.54) is 40.1 Å². The molecule has 4 aliphatic carbocycles. The predicted octanol–water partition coefficient (Wildman–Crippen LogP) is 8.62. The van der Waals surface area contributed by atoms with Crippen LogP contribution in [0.1, 0.15) is 124 Å². The van der Waals surface area contributed by atoms with E-state index in [1.54, 1.807) is 7.11 Å². The number of H-pyrrole nitrogens is 2. The van der Waals surface area contributed by atoms with Crippen molar-refractivity contribution in [3.8, 4) is 50.8 Å². The Balaban J connectivity index is 1.06. The highest BCUT2D eigenvalue weighted by molar-refractivity contribution is 5.87. The van der Waals surface area contributed by atoms with Crippen molar-refractivity contribution in [1.82, 2.24) is 56.2 Å². The number of rotatable bonds is 11. The number of ether oxygens (including phenoxy) is 2. The van der Waals surface area contributed by atoms with Crippen LogP contribution < -0.4 is 4.74 Å². The standard InChI is InChI=1S/C47H55N11O2/c1-29-13-18-37-35(25-29)38(40(44-51-55-56-52-44)42(50-37)46(27-59-3)20-7-8-21-46)31-14-16-33(17-15-31)60-28-47(22-9-10-23-47)43-41(45-53-57-58-54-45)39(32-19-24-48-30(2)26-32)34-11-5-4-6-12-36(34)49-43/h14-17,19,24,26,29H,4-13,18,20-23,25,27-28H2,1-3H3,(H,51,52,55,56)(H,53,54,57,58). The van der Waals surface area contributed by atoms with Crippen LogP contribution in [-0.4, -0.2) is 76.5 Å². The molecule has 310 valence electrons. The molecule has 10 rings (SSSR count). The first-order valence-corrected chi connectivity index (χ1v) is 22.2. The zero-order valence-electron chi connectivity index (χ0n) is 35.2. The average molecular weight is 806 g/mol. The van der Waals surface area contributed by atoms with Gasteiger partial charge in [0.25, 0.3) is 0 Å². The Morgan fingerprint density at radius 2 is 1.28 bits per heavy atom. The number of benzene rings is 1. The van der Waals surface area contributed by atoms with Crippen LogP contribution in [0.2, 0.25) is 0 Å². The van der Waals surface area contributed by atoms with E-state index in [-0.39, 0.29) is 10.8 Å². The summed E-state index contributed by atoms with van der Waals surface area (Å²) in [6.07, 6.45) is 18.8. The van der Waals surface area contributed by atoms with Crippen molar-refractivity contribution in [3.05, 3.63) is 82.2 Å². The van der Waals surface area contributed by atoms with E-state index in [0.717, 1.165) is 141 Å². The average Bonchev–Trinajstić information content (AvgIpc) is 4.12. The molecule has 13 heteroatoms. The molecular formula is C47H55N11O2. The topological polar surface area (TPSA) is 166 Å². The highest BCUT2D eigenvalue weighted by atomic mass is 16.5. The molecule has 2 fully saturated rings. The molecule has 6 aromatic rings. The molecule has 0 bridgehead atoms. The zero-order valence-corrected chi connectivity index (χ0v) is 35.2. The van der Waals surface area contributed by atoms with E-state index < -0.39 is 0 Å². The molecule has 1 unspecified atom stereocenters. The van der Waals surface area contributed by atoms with Gasteiger partial charge in [0.15, 0.2) is 0 Å². The van der Waals surface area contributed by atoms with Crippen molar-refractivity contribution in [3.63, 3.8) is 0 Å². The third-order valence-electron chi connectivity index (χ3n) is 14.1. The molecule has 60 heavy (non-hydrogen) atoms. The van der Waals surface area contributed by atoms with Gasteiger partial charge in [-0.25, -0.2) is 0 Å². The number of pyridine rings is 3. The highest BCUT2D eigenvalue weighted by Gasteiger charge is 2.44. The fourth-order valence-electron chi connectivity index (χ4n) is 11.1. The van der Waals surface area contributed by atoms with Gasteiger partial charge < -0.3 is 9.47 Å². The van der Waals surface area contributed by atoms with Crippen LogP contribution >= 0.6 is 0 Å². The first-order chi connectivity index (χ1) is 29.5. The SMILES string of the molecule is COCC1(c2nc3c(c(-c4ccc(OCC5(c6nc7c(c(-c8ccnc(C)c8)c6-c6nn[nH]n6)CCCCC7)CCCC5)cc4)c2-c2nn[nH]n2)CC(C)CC3)CCCC1. The molecule has 0 spiro atoms. The minimum absolute atomic E-state index is 0.198. The zero-order chi connectivity index (χ0) is 40.7. The summed E-state index contributed by atoms with van der Waals surface area (Å²) in [4.78, 5) is 15.7. The van der Waals surface area contributed by atoms with Crippen LogP contribution in [0.3, 0.4) is 0 Å². The Labute approximate surface area is 351 Å². The Morgan fingerprint density at radius 1 is 0.667 bits per heavy atom. The van der Waals surface area contributed by atoms with Crippen molar-refractivity contribution >= 4 is 0 Å². The summed E-state index contributed by atoms with van der Waals surface area (Å²) in [7, 11) is 1.80. The van der Waals surface area contributed by atoms with E-state index in [9.17, 15) is 0 Å².